The number of imide groups is 1. The first-order valence-corrected chi connectivity index (χ1v) is 8.98. The molecule has 0 radical (unpaired) electrons. The number of rotatable bonds is 6. The zero-order chi connectivity index (χ0) is 18.6. The Kier molecular flexibility index (Phi) is 5.85. The zero-order valence-corrected chi connectivity index (χ0v) is 14.1. The van der Waals surface area contributed by atoms with Crippen molar-refractivity contribution in [2.45, 2.75) is 23.8 Å². The summed E-state index contributed by atoms with van der Waals surface area (Å²) in [5, 5.41) is 0. The minimum Gasteiger partial charge on any atom is -0.368 e. The second-order valence-corrected chi connectivity index (χ2v) is 7.40. The number of carbonyl (C=O) groups excluding carboxylic acids is 3. The van der Waals surface area contributed by atoms with E-state index in [2.05, 4.69) is 0 Å². The predicted molar refractivity (Wildman–Crippen MR) is 85.2 cm³/mol. The van der Waals surface area contributed by atoms with Crippen LogP contribution in [0, 0.1) is 0 Å². The zero-order valence-electron chi connectivity index (χ0n) is 13.3. The van der Waals surface area contributed by atoms with Crippen molar-refractivity contribution >= 4 is 27.7 Å². The van der Waals surface area contributed by atoms with Crippen molar-refractivity contribution in [2.75, 3.05) is 19.8 Å². The molecule has 10 heteroatoms. The fraction of sp³-hybridized carbons (Fsp3) is 0.400. The molecule has 1 saturated heterocycles. The van der Waals surface area contributed by atoms with Crippen LogP contribution in [0.25, 0.3) is 0 Å². The molecule has 25 heavy (non-hydrogen) atoms. The molecule has 1 aromatic carbocycles. The lowest BCUT2D eigenvalue weighted by Gasteiger charge is -2.27. The number of sulfonamides is 1. The molecule has 2 N–H and O–H groups in total. The van der Waals surface area contributed by atoms with Gasteiger partial charge in [0.25, 0.3) is 5.91 Å². The van der Waals surface area contributed by atoms with Gasteiger partial charge in [0.1, 0.15) is 12.6 Å². The highest BCUT2D eigenvalue weighted by Crippen LogP contribution is 2.27. The molecule has 136 valence electrons. The monoisotopic (exact) mass is 371 g/mol. The van der Waals surface area contributed by atoms with Gasteiger partial charge in [-0.15, -0.1) is 0 Å². The minimum atomic E-state index is -3.96. The Morgan fingerprint density at radius 1 is 1.24 bits per heavy atom. The first kappa shape index (κ1) is 19.0. The van der Waals surface area contributed by atoms with E-state index >= 15 is 0 Å². The maximum atomic E-state index is 12.7. The van der Waals surface area contributed by atoms with E-state index < -0.39 is 47.0 Å². The molecule has 0 bridgehead atoms. The van der Waals surface area contributed by atoms with Crippen LogP contribution in [0.15, 0.2) is 35.2 Å². The SMILES string of the molecule is NC(=O)CN(C(=O)CF)C(=O)[C@@H]1CCCN1S(=O)(=O)c1ccccc1. The Bertz CT molecular complexity index is 769. The maximum Gasteiger partial charge on any atom is 0.261 e. The van der Waals surface area contributed by atoms with E-state index in [9.17, 15) is 27.2 Å². The lowest BCUT2D eigenvalue weighted by molar-refractivity contribution is -0.149. The van der Waals surface area contributed by atoms with E-state index in [-0.39, 0.29) is 17.9 Å². The number of alkyl halides is 1. The summed E-state index contributed by atoms with van der Waals surface area (Å²) in [7, 11) is -3.96. The Hall–Kier alpha value is -2.33. The first-order chi connectivity index (χ1) is 11.8. The van der Waals surface area contributed by atoms with Crippen molar-refractivity contribution in [2.24, 2.45) is 5.73 Å². The van der Waals surface area contributed by atoms with Crippen molar-refractivity contribution in [1.82, 2.24) is 9.21 Å². The van der Waals surface area contributed by atoms with E-state index in [0.717, 1.165) is 4.31 Å². The molecular weight excluding hydrogens is 353 g/mol. The number of halogens is 1. The molecule has 1 aliphatic rings. The first-order valence-electron chi connectivity index (χ1n) is 7.54. The van der Waals surface area contributed by atoms with Crippen LogP contribution in [0.4, 0.5) is 4.39 Å². The number of benzene rings is 1. The molecule has 0 unspecified atom stereocenters. The summed E-state index contributed by atoms with van der Waals surface area (Å²) in [6, 6.07) is 6.35. The molecule has 0 spiro atoms. The van der Waals surface area contributed by atoms with Crippen molar-refractivity contribution in [3.8, 4) is 0 Å². The lowest BCUT2D eigenvalue weighted by atomic mass is 10.2. The fourth-order valence-corrected chi connectivity index (χ4v) is 4.37. The van der Waals surface area contributed by atoms with Crippen LogP contribution in [-0.4, -0.2) is 61.2 Å². The highest BCUT2D eigenvalue weighted by Gasteiger charge is 2.42. The van der Waals surface area contributed by atoms with E-state index in [1.165, 1.54) is 12.1 Å². The van der Waals surface area contributed by atoms with Gasteiger partial charge in [-0.2, -0.15) is 4.31 Å². The third-order valence-corrected chi connectivity index (χ3v) is 5.76. The summed E-state index contributed by atoms with van der Waals surface area (Å²) in [5.74, 6) is -3.17. The normalized spacial score (nSPS) is 18.0. The second-order valence-electron chi connectivity index (χ2n) is 5.50. The average molecular weight is 371 g/mol. The number of nitrogens with zero attached hydrogens (tertiary/aromatic N) is 2. The topological polar surface area (TPSA) is 118 Å². The molecule has 1 fully saturated rings. The summed E-state index contributed by atoms with van der Waals surface area (Å²) < 4.78 is 39.2. The van der Waals surface area contributed by atoms with Gasteiger partial charge in [0.15, 0.2) is 6.67 Å². The largest absolute Gasteiger partial charge is 0.368 e. The van der Waals surface area contributed by atoms with Crippen LogP contribution in [0.5, 0.6) is 0 Å². The molecule has 0 aliphatic carbocycles. The maximum absolute atomic E-state index is 12.7. The number of hydrogen-bond acceptors (Lipinski definition) is 5. The quantitative estimate of drug-likeness (QED) is 0.733. The Morgan fingerprint density at radius 2 is 1.88 bits per heavy atom. The van der Waals surface area contributed by atoms with Gasteiger partial charge in [-0.05, 0) is 25.0 Å². The summed E-state index contributed by atoms with van der Waals surface area (Å²) in [6.07, 6.45) is 0.566. The third-order valence-electron chi connectivity index (χ3n) is 3.83. The van der Waals surface area contributed by atoms with E-state index in [1.807, 2.05) is 0 Å². The second kappa shape index (κ2) is 7.70. The van der Waals surface area contributed by atoms with Gasteiger partial charge < -0.3 is 5.73 Å². The van der Waals surface area contributed by atoms with Crippen molar-refractivity contribution in [1.29, 1.82) is 0 Å². The van der Waals surface area contributed by atoms with Crippen molar-refractivity contribution < 1.29 is 27.2 Å². The number of carbonyl (C=O) groups is 3. The van der Waals surface area contributed by atoms with Gasteiger partial charge >= 0.3 is 0 Å². The molecule has 1 atom stereocenters. The van der Waals surface area contributed by atoms with Gasteiger partial charge in [-0.3, -0.25) is 19.3 Å². The van der Waals surface area contributed by atoms with Crippen LogP contribution in [0.1, 0.15) is 12.8 Å². The molecule has 2 rings (SSSR count). The Labute approximate surface area is 144 Å². The smallest absolute Gasteiger partial charge is 0.261 e. The summed E-state index contributed by atoms with van der Waals surface area (Å²) >= 11 is 0. The van der Waals surface area contributed by atoms with Gasteiger partial charge in [0.2, 0.25) is 21.8 Å². The predicted octanol–water partition coefficient (Wildman–Crippen LogP) is -0.350. The number of hydrogen-bond donors (Lipinski definition) is 1. The van der Waals surface area contributed by atoms with Gasteiger partial charge in [0, 0.05) is 6.54 Å². The lowest BCUT2D eigenvalue weighted by Crippen LogP contribution is -2.52. The standard InChI is InChI=1S/C15H18FN3O5S/c16-9-14(21)18(10-13(17)20)15(22)12-7-4-8-19(12)25(23,24)11-5-2-1-3-6-11/h1-3,5-6,12H,4,7-10H2,(H2,17,20)/t12-/m0/s1. The van der Waals surface area contributed by atoms with Crippen LogP contribution >= 0.6 is 0 Å². The molecule has 1 aliphatic heterocycles. The average Bonchev–Trinajstić information content (AvgIpc) is 3.09. The molecular formula is C15H18FN3O5S. The van der Waals surface area contributed by atoms with E-state index in [4.69, 9.17) is 5.73 Å². The van der Waals surface area contributed by atoms with E-state index in [1.54, 1.807) is 18.2 Å². The number of primary amides is 1. The van der Waals surface area contributed by atoms with E-state index in [0.29, 0.717) is 11.3 Å². The summed E-state index contributed by atoms with van der Waals surface area (Å²) in [4.78, 5) is 35.7. The van der Waals surface area contributed by atoms with Gasteiger partial charge in [-0.25, -0.2) is 12.8 Å². The number of nitrogens with two attached hydrogens (primary N) is 1. The van der Waals surface area contributed by atoms with Gasteiger partial charge in [0.05, 0.1) is 4.90 Å². The number of amides is 3. The highest BCUT2D eigenvalue weighted by molar-refractivity contribution is 7.89. The third kappa shape index (κ3) is 4.02. The van der Waals surface area contributed by atoms with Crippen molar-refractivity contribution in [3.63, 3.8) is 0 Å². The molecule has 1 aromatic rings. The summed E-state index contributed by atoms with van der Waals surface area (Å²) in [6.45, 7) is -2.20. The van der Waals surface area contributed by atoms with Crippen LogP contribution in [0.2, 0.25) is 0 Å². The molecule has 8 nitrogen and oxygen atoms in total. The Morgan fingerprint density at radius 3 is 2.44 bits per heavy atom. The molecule has 1 heterocycles. The fourth-order valence-electron chi connectivity index (χ4n) is 2.70. The van der Waals surface area contributed by atoms with Gasteiger partial charge in [-0.1, -0.05) is 18.2 Å². The molecule has 0 saturated carbocycles. The molecule has 0 aromatic heterocycles. The minimum absolute atomic E-state index is 0.00738. The van der Waals surface area contributed by atoms with Crippen LogP contribution in [0.3, 0.4) is 0 Å². The van der Waals surface area contributed by atoms with Crippen LogP contribution < -0.4 is 5.73 Å². The Balaban J connectivity index is 2.32. The van der Waals surface area contributed by atoms with Crippen LogP contribution in [-0.2, 0) is 24.4 Å². The summed E-state index contributed by atoms with van der Waals surface area (Å²) in [5.41, 5.74) is 4.99. The molecule has 3 amide bonds. The van der Waals surface area contributed by atoms with Crippen molar-refractivity contribution in [3.05, 3.63) is 30.3 Å². The highest BCUT2D eigenvalue weighted by atomic mass is 32.2.